The van der Waals surface area contributed by atoms with Crippen LogP contribution in [0.25, 0.3) is 16.6 Å². The molecule has 1 fully saturated rings. The number of aromatic nitrogens is 1. The lowest BCUT2D eigenvalue weighted by molar-refractivity contribution is -0.137. The van der Waals surface area contributed by atoms with E-state index in [1.54, 1.807) is 24.4 Å². The average molecular weight is 400 g/mol. The van der Waals surface area contributed by atoms with E-state index >= 15 is 0 Å². The molecule has 1 N–H and O–H groups in total. The second-order valence-electron chi connectivity index (χ2n) is 7.90. The molecule has 0 spiro atoms. The zero-order valence-electron chi connectivity index (χ0n) is 16.2. The van der Waals surface area contributed by atoms with Crippen molar-refractivity contribution in [3.05, 3.63) is 65.9 Å². The third-order valence-electron chi connectivity index (χ3n) is 5.78. The lowest BCUT2D eigenvalue weighted by atomic mass is 9.87. The van der Waals surface area contributed by atoms with Crippen LogP contribution < -0.4 is 5.32 Å². The molecule has 0 radical (unpaired) electrons. The van der Waals surface area contributed by atoms with Gasteiger partial charge in [-0.3, -0.25) is 4.79 Å². The van der Waals surface area contributed by atoms with Crippen LogP contribution in [0.5, 0.6) is 0 Å². The monoisotopic (exact) mass is 400 g/mol. The summed E-state index contributed by atoms with van der Waals surface area (Å²) in [5.41, 5.74) is 0.103. The SMILES string of the molecule is CC1CCC(NC(=O)c2ccc(C(F)(F)F)c(-n3ccc4ccccc43)c2)CC1. The fraction of sp³-hybridized carbons (Fsp3) is 0.348. The summed E-state index contributed by atoms with van der Waals surface area (Å²) in [4.78, 5) is 12.7. The van der Waals surface area contributed by atoms with Crippen LogP contribution in [-0.4, -0.2) is 16.5 Å². The number of rotatable bonds is 3. The molecule has 1 aliphatic rings. The number of para-hydroxylation sites is 1. The predicted molar refractivity (Wildman–Crippen MR) is 107 cm³/mol. The van der Waals surface area contributed by atoms with Gasteiger partial charge < -0.3 is 9.88 Å². The second kappa shape index (κ2) is 7.58. The second-order valence-corrected chi connectivity index (χ2v) is 7.90. The Kier molecular flexibility index (Phi) is 5.11. The summed E-state index contributed by atoms with van der Waals surface area (Å²) >= 11 is 0. The van der Waals surface area contributed by atoms with Crippen LogP contribution >= 0.6 is 0 Å². The van der Waals surface area contributed by atoms with Crippen molar-refractivity contribution in [3.8, 4) is 5.69 Å². The number of carbonyl (C=O) groups is 1. The summed E-state index contributed by atoms with van der Waals surface area (Å²) in [6, 6.07) is 12.7. The summed E-state index contributed by atoms with van der Waals surface area (Å²) in [6.07, 6.45) is 1.01. The highest BCUT2D eigenvalue weighted by Crippen LogP contribution is 2.36. The van der Waals surface area contributed by atoms with E-state index in [0.717, 1.165) is 37.1 Å². The van der Waals surface area contributed by atoms with Gasteiger partial charge in [0.15, 0.2) is 0 Å². The molecule has 0 bridgehead atoms. The van der Waals surface area contributed by atoms with Crippen LogP contribution in [0.2, 0.25) is 0 Å². The van der Waals surface area contributed by atoms with Crippen molar-refractivity contribution in [1.82, 2.24) is 9.88 Å². The normalized spacial score (nSPS) is 20.0. The van der Waals surface area contributed by atoms with E-state index in [2.05, 4.69) is 12.2 Å². The van der Waals surface area contributed by atoms with Gasteiger partial charge in [0.05, 0.1) is 16.8 Å². The van der Waals surface area contributed by atoms with Crippen molar-refractivity contribution in [2.75, 3.05) is 0 Å². The van der Waals surface area contributed by atoms with Crippen molar-refractivity contribution < 1.29 is 18.0 Å². The van der Waals surface area contributed by atoms with Crippen molar-refractivity contribution in [3.63, 3.8) is 0 Å². The van der Waals surface area contributed by atoms with Crippen LogP contribution in [0, 0.1) is 5.92 Å². The average Bonchev–Trinajstić information content (AvgIpc) is 3.12. The van der Waals surface area contributed by atoms with E-state index in [9.17, 15) is 18.0 Å². The zero-order valence-corrected chi connectivity index (χ0v) is 16.2. The molecule has 0 unspecified atom stereocenters. The van der Waals surface area contributed by atoms with Gasteiger partial charge in [-0.1, -0.05) is 25.1 Å². The van der Waals surface area contributed by atoms with E-state index in [0.29, 0.717) is 11.4 Å². The third-order valence-corrected chi connectivity index (χ3v) is 5.78. The van der Waals surface area contributed by atoms with Crippen molar-refractivity contribution in [2.24, 2.45) is 5.92 Å². The number of nitrogens with zero attached hydrogens (tertiary/aromatic N) is 1. The van der Waals surface area contributed by atoms with Crippen LogP contribution in [0.3, 0.4) is 0 Å². The number of carbonyl (C=O) groups excluding carboxylic acids is 1. The van der Waals surface area contributed by atoms with Gasteiger partial charge in [-0.05, 0) is 67.3 Å². The highest BCUT2D eigenvalue weighted by Gasteiger charge is 2.34. The molecule has 6 heteroatoms. The maximum Gasteiger partial charge on any atom is 0.418 e. The molecular formula is C23H23F3N2O. The lowest BCUT2D eigenvalue weighted by Gasteiger charge is -2.27. The summed E-state index contributed by atoms with van der Waals surface area (Å²) in [7, 11) is 0. The van der Waals surface area contributed by atoms with Gasteiger partial charge in [0.25, 0.3) is 5.91 Å². The smallest absolute Gasteiger partial charge is 0.349 e. The summed E-state index contributed by atoms with van der Waals surface area (Å²) < 4.78 is 42.5. The first-order valence-electron chi connectivity index (χ1n) is 9.91. The molecule has 0 atom stereocenters. The lowest BCUT2D eigenvalue weighted by Crippen LogP contribution is -2.37. The largest absolute Gasteiger partial charge is 0.418 e. The Bertz CT molecular complexity index is 1030. The molecule has 0 saturated heterocycles. The van der Waals surface area contributed by atoms with E-state index in [1.807, 2.05) is 12.1 Å². The maximum atomic E-state index is 13.7. The molecule has 4 rings (SSSR count). The number of benzene rings is 2. The van der Waals surface area contributed by atoms with Crippen molar-refractivity contribution in [1.29, 1.82) is 0 Å². The fourth-order valence-electron chi connectivity index (χ4n) is 4.08. The first kappa shape index (κ1) is 19.6. The maximum absolute atomic E-state index is 13.7. The van der Waals surface area contributed by atoms with Gasteiger partial charge in [-0.15, -0.1) is 0 Å². The Hall–Kier alpha value is -2.76. The molecule has 152 valence electrons. The van der Waals surface area contributed by atoms with Crippen LogP contribution in [0.4, 0.5) is 13.2 Å². The summed E-state index contributed by atoms with van der Waals surface area (Å²) in [6.45, 7) is 2.20. The fourth-order valence-corrected chi connectivity index (χ4v) is 4.08. The molecule has 0 aliphatic heterocycles. The number of hydrogen-bond donors (Lipinski definition) is 1. The van der Waals surface area contributed by atoms with E-state index in [1.165, 1.54) is 16.7 Å². The predicted octanol–water partition coefficient (Wildman–Crippen LogP) is 5.96. The standard InChI is InChI=1S/C23H23F3N2O/c1-15-6-9-18(10-7-15)27-22(29)17-8-11-19(23(24,25)26)21(14-17)28-13-12-16-4-2-3-5-20(16)28/h2-5,8,11-15,18H,6-7,9-10H2,1H3,(H,27,29). The topological polar surface area (TPSA) is 34.0 Å². The minimum atomic E-state index is -4.52. The van der Waals surface area contributed by atoms with Gasteiger partial charge in [0.1, 0.15) is 0 Å². The zero-order chi connectivity index (χ0) is 20.6. The number of hydrogen-bond acceptors (Lipinski definition) is 1. The van der Waals surface area contributed by atoms with Crippen LogP contribution in [0.1, 0.15) is 48.5 Å². The molecule has 2 aromatic carbocycles. The van der Waals surface area contributed by atoms with E-state index in [-0.39, 0.29) is 23.2 Å². The molecule has 29 heavy (non-hydrogen) atoms. The molecule has 1 heterocycles. The van der Waals surface area contributed by atoms with Gasteiger partial charge in [0.2, 0.25) is 0 Å². The Morgan fingerprint density at radius 3 is 2.48 bits per heavy atom. The highest BCUT2D eigenvalue weighted by molar-refractivity contribution is 5.95. The van der Waals surface area contributed by atoms with Gasteiger partial charge in [-0.2, -0.15) is 13.2 Å². The van der Waals surface area contributed by atoms with Crippen molar-refractivity contribution >= 4 is 16.8 Å². The molecule has 1 saturated carbocycles. The molecule has 1 aromatic heterocycles. The van der Waals surface area contributed by atoms with E-state index < -0.39 is 11.7 Å². The molecule has 3 nitrogen and oxygen atoms in total. The number of amides is 1. The highest BCUT2D eigenvalue weighted by atomic mass is 19.4. The minimum absolute atomic E-state index is 0.0383. The number of fused-ring (bicyclic) bond motifs is 1. The molecule has 1 aliphatic carbocycles. The van der Waals surface area contributed by atoms with Gasteiger partial charge >= 0.3 is 6.18 Å². The Labute approximate surface area is 167 Å². The minimum Gasteiger partial charge on any atom is -0.349 e. The van der Waals surface area contributed by atoms with Crippen LogP contribution in [-0.2, 0) is 6.18 Å². The third kappa shape index (κ3) is 4.02. The Morgan fingerprint density at radius 1 is 1.03 bits per heavy atom. The number of alkyl halides is 3. The first-order chi connectivity index (χ1) is 13.8. The Morgan fingerprint density at radius 2 is 1.76 bits per heavy atom. The quantitative estimate of drug-likeness (QED) is 0.578. The number of halogens is 3. The number of nitrogens with one attached hydrogen (secondary N) is 1. The van der Waals surface area contributed by atoms with Crippen LogP contribution in [0.15, 0.2) is 54.7 Å². The first-order valence-corrected chi connectivity index (χ1v) is 9.91. The summed E-state index contributed by atoms with van der Waals surface area (Å²) in [5, 5.41) is 3.83. The molecule has 1 amide bonds. The van der Waals surface area contributed by atoms with E-state index in [4.69, 9.17) is 0 Å². The van der Waals surface area contributed by atoms with Gasteiger partial charge in [-0.25, -0.2) is 0 Å². The molecule has 3 aromatic rings. The molecular weight excluding hydrogens is 377 g/mol. The summed E-state index contributed by atoms with van der Waals surface area (Å²) in [5.74, 6) is 0.332. The Balaban J connectivity index is 1.70. The van der Waals surface area contributed by atoms with Crippen molar-refractivity contribution in [2.45, 2.75) is 44.8 Å². The van der Waals surface area contributed by atoms with Gasteiger partial charge in [0, 0.05) is 17.8 Å².